The third kappa shape index (κ3) is 2.70. The van der Waals surface area contributed by atoms with Crippen LogP contribution in [0.2, 0.25) is 0 Å². The van der Waals surface area contributed by atoms with E-state index in [2.05, 4.69) is 4.98 Å². The summed E-state index contributed by atoms with van der Waals surface area (Å²) in [5, 5.41) is 9.75. The summed E-state index contributed by atoms with van der Waals surface area (Å²) in [6.07, 6.45) is 0. The Morgan fingerprint density at radius 3 is 2.45 bits per heavy atom. The van der Waals surface area contributed by atoms with Crippen molar-refractivity contribution in [3.63, 3.8) is 0 Å². The minimum atomic E-state index is -1.08. The number of carboxylic acids is 1. The summed E-state index contributed by atoms with van der Waals surface area (Å²) >= 11 is 0. The number of fused-ring (bicyclic) bond motifs is 1. The largest absolute Gasteiger partial charge is 0.478 e. The van der Waals surface area contributed by atoms with Gasteiger partial charge in [-0.2, -0.15) is 0 Å². The maximum Gasteiger partial charge on any atom is 0.337 e. The molecule has 1 aromatic heterocycles. The standard InChI is InChI=1S/C16H12N2O3.Na/c1-10-17-13-8-4-2-6-11(13)15(19)18(10)14-9-5-3-7-12(14)16(20)21;/h2-9H,1H3,(H,20,21);. The van der Waals surface area contributed by atoms with E-state index in [0.717, 1.165) is 0 Å². The van der Waals surface area contributed by atoms with Gasteiger partial charge in [-0.15, -0.1) is 0 Å². The summed E-state index contributed by atoms with van der Waals surface area (Å²) in [6.45, 7) is 1.69. The van der Waals surface area contributed by atoms with E-state index in [4.69, 9.17) is 0 Å². The molecule has 3 aromatic rings. The number of hydrogen-bond acceptors (Lipinski definition) is 3. The van der Waals surface area contributed by atoms with Gasteiger partial charge in [0.15, 0.2) is 0 Å². The van der Waals surface area contributed by atoms with Crippen LogP contribution >= 0.6 is 0 Å². The number of aryl methyl sites for hydroxylation is 1. The Kier molecular flexibility index (Phi) is 4.81. The van der Waals surface area contributed by atoms with Crippen LogP contribution in [-0.2, 0) is 0 Å². The van der Waals surface area contributed by atoms with Crippen LogP contribution in [0.15, 0.2) is 53.3 Å². The maximum absolute atomic E-state index is 12.7. The predicted molar refractivity (Wildman–Crippen MR) is 84.8 cm³/mol. The molecule has 0 bridgehead atoms. The average molecular weight is 303 g/mol. The van der Waals surface area contributed by atoms with Gasteiger partial charge in [0.25, 0.3) is 5.56 Å². The van der Waals surface area contributed by atoms with Gasteiger partial charge in [-0.3, -0.25) is 9.36 Å². The van der Waals surface area contributed by atoms with Gasteiger partial charge in [0.2, 0.25) is 0 Å². The van der Waals surface area contributed by atoms with Crippen LogP contribution < -0.4 is 5.56 Å². The first-order valence-electron chi connectivity index (χ1n) is 6.40. The van der Waals surface area contributed by atoms with Crippen molar-refractivity contribution in [3.05, 3.63) is 70.3 Å². The van der Waals surface area contributed by atoms with E-state index in [0.29, 0.717) is 22.4 Å². The van der Waals surface area contributed by atoms with E-state index in [1.807, 2.05) is 6.07 Å². The van der Waals surface area contributed by atoms with Gasteiger partial charge in [-0.1, -0.05) is 24.3 Å². The van der Waals surface area contributed by atoms with Gasteiger partial charge < -0.3 is 5.11 Å². The Labute approximate surface area is 148 Å². The summed E-state index contributed by atoms with van der Waals surface area (Å²) in [4.78, 5) is 28.4. The van der Waals surface area contributed by atoms with Crippen molar-refractivity contribution < 1.29 is 9.90 Å². The van der Waals surface area contributed by atoms with E-state index in [9.17, 15) is 14.7 Å². The van der Waals surface area contributed by atoms with Gasteiger partial charge in [0.05, 0.1) is 22.2 Å². The number of nitrogens with zero attached hydrogens (tertiary/aromatic N) is 2. The van der Waals surface area contributed by atoms with E-state index in [-0.39, 0.29) is 40.7 Å². The molecule has 0 aliphatic heterocycles. The topological polar surface area (TPSA) is 72.2 Å². The van der Waals surface area contributed by atoms with Crippen LogP contribution in [0.1, 0.15) is 16.2 Å². The van der Waals surface area contributed by atoms with Crippen molar-refractivity contribution in [2.24, 2.45) is 0 Å². The first-order valence-corrected chi connectivity index (χ1v) is 6.40. The smallest absolute Gasteiger partial charge is 0.337 e. The number of para-hydroxylation sites is 2. The second-order valence-electron chi connectivity index (χ2n) is 4.64. The molecule has 1 radical (unpaired) electrons. The third-order valence-electron chi connectivity index (χ3n) is 3.32. The molecule has 1 heterocycles. The van der Waals surface area contributed by atoms with E-state index < -0.39 is 5.97 Å². The number of carbonyl (C=O) groups is 1. The normalized spacial score (nSPS) is 10.2. The number of hydrogen-bond donors (Lipinski definition) is 1. The molecule has 5 nitrogen and oxygen atoms in total. The van der Waals surface area contributed by atoms with E-state index in [1.54, 1.807) is 43.3 Å². The molecule has 0 saturated heterocycles. The zero-order valence-electron chi connectivity index (χ0n) is 12.3. The molecule has 0 fully saturated rings. The summed E-state index contributed by atoms with van der Waals surface area (Å²) in [5.41, 5.74) is 0.724. The molecule has 0 aliphatic rings. The first-order chi connectivity index (χ1) is 10.1. The van der Waals surface area contributed by atoms with Crippen LogP contribution in [0.25, 0.3) is 16.6 Å². The molecule has 0 spiro atoms. The second kappa shape index (κ2) is 6.44. The number of aromatic nitrogens is 2. The molecular formula is C16H12N2NaO3. The molecule has 0 unspecified atom stereocenters. The van der Waals surface area contributed by atoms with Crippen LogP contribution in [0.4, 0.5) is 0 Å². The summed E-state index contributed by atoms with van der Waals surface area (Å²) in [7, 11) is 0. The molecular weight excluding hydrogens is 291 g/mol. The zero-order valence-corrected chi connectivity index (χ0v) is 14.3. The predicted octanol–water partition coefficient (Wildman–Crippen LogP) is 2.01. The molecule has 22 heavy (non-hydrogen) atoms. The van der Waals surface area contributed by atoms with Crippen LogP contribution in [0, 0.1) is 6.92 Å². The molecule has 0 amide bonds. The molecule has 0 saturated carbocycles. The molecule has 2 aromatic carbocycles. The zero-order chi connectivity index (χ0) is 15.0. The minimum absolute atomic E-state index is 0. The Morgan fingerprint density at radius 1 is 1.09 bits per heavy atom. The summed E-state index contributed by atoms with van der Waals surface area (Å²) in [6, 6.07) is 13.4. The molecule has 0 atom stereocenters. The SMILES string of the molecule is Cc1nc2ccccc2c(=O)n1-c1ccccc1C(=O)O.[Na]. The Balaban J connectivity index is 0.00000176. The Morgan fingerprint density at radius 2 is 1.73 bits per heavy atom. The van der Waals surface area contributed by atoms with Crippen molar-refractivity contribution in [1.82, 2.24) is 9.55 Å². The van der Waals surface area contributed by atoms with Crippen LogP contribution in [0.3, 0.4) is 0 Å². The van der Waals surface area contributed by atoms with E-state index in [1.165, 1.54) is 10.6 Å². The van der Waals surface area contributed by atoms with Crippen molar-refractivity contribution in [2.75, 3.05) is 0 Å². The van der Waals surface area contributed by atoms with Crippen molar-refractivity contribution >= 4 is 46.4 Å². The minimum Gasteiger partial charge on any atom is -0.478 e. The fourth-order valence-electron chi connectivity index (χ4n) is 2.38. The van der Waals surface area contributed by atoms with Crippen molar-refractivity contribution in [3.8, 4) is 5.69 Å². The van der Waals surface area contributed by atoms with Crippen molar-refractivity contribution in [1.29, 1.82) is 0 Å². The van der Waals surface area contributed by atoms with Gasteiger partial charge in [-0.05, 0) is 31.2 Å². The van der Waals surface area contributed by atoms with Gasteiger partial charge >= 0.3 is 5.97 Å². The second-order valence-corrected chi connectivity index (χ2v) is 4.64. The molecule has 6 heteroatoms. The van der Waals surface area contributed by atoms with Crippen LogP contribution in [-0.4, -0.2) is 50.2 Å². The quantitative estimate of drug-likeness (QED) is 0.735. The number of aromatic carboxylic acids is 1. The monoisotopic (exact) mass is 303 g/mol. The number of rotatable bonds is 2. The summed E-state index contributed by atoms with van der Waals surface area (Å²) in [5.74, 6) is -0.627. The maximum atomic E-state index is 12.7. The fourth-order valence-corrected chi connectivity index (χ4v) is 2.38. The van der Waals surface area contributed by atoms with Crippen molar-refractivity contribution in [2.45, 2.75) is 6.92 Å². The van der Waals surface area contributed by atoms with Gasteiger partial charge in [-0.25, -0.2) is 9.78 Å². The first kappa shape index (κ1) is 16.4. The van der Waals surface area contributed by atoms with Gasteiger partial charge in [0, 0.05) is 29.6 Å². The van der Waals surface area contributed by atoms with Crippen LogP contribution in [0.5, 0.6) is 0 Å². The molecule has 0 aliphatic carbocycles. The fraction of sp³-hybridized carbons (Fsp3) is 0.0625. The Hall–Kier alpha value is -1.95. The van der Waals surface area contributed by atoms with Gasteiger partial charge in [0.1, 0.15) is 5.82 Å². The Bertz CT molecular complexity index is 919. The van der Waals surface area contributed by atoms with E-state index >= 15 is 0 Å². The molecule has 105 valence electrons. The number of carboxylic acid groups (broad SMARTS) is 1. The average Bonchev–Trinajstić information content (AvgIpc) is 2.47. The third-order valence-corrected chi connectivity index (χ3v) is 3.32. The number of benzene rings is 2. The summed E-state index contributed by atoms with van der Waals surface area (Å²) < 4.78 is 1.34. The molecule has 1 N–H and O–H groups in total. The molecule has 3 rings (SSSR count).